The largest absolute Gasteiger partial charge is 0.409 e. The van der Waals surface area contributed by atoms with Gasteiger partial charge in [-0.1, -0.05) is 5.16 Å². The second-order valence-corrected chi connectivity index (χ2v) is 3.85. The second kappa shape index (κ2) is 4.83. The number of nitrogens with zero attached hydrogens (tertiary/aromatic N) is 2. The van der Waals surface area contributed by atoms with E-state index in [1.54, 1.807) is 6.07 Å². The van der Waals surface area contributed by atoms with Gasteiger partial charge in [0.05, 0.1) is 0 Å². The van der Waals surface area contributed by atoms with Crippen LogP contribution in [-0.2, 0) is 0 Å². The predicted molar refractivity (Wildman–Crippen MR) is 62.4 cm³/mol. The number of anilines is 1. The lowest BCUT2D eigenvalue weighted by Gasteiger charge is -2.26. The first-order valence-electron chi connectivity index (χ1n) is 4.97. The maximum atomic E-state index is 13.1. The third-order valence-corrected chi connectivity index (χ3v) is 2.50. The number of hydrogen-bond acceptors (Lipinski definition) is 3. The lowest BCUT2D eigenvalue weighted by Crippen LogP contribution is -2.28. The second-order valence-electron chi connectivity index (χ2n) is 3.85. The fraction of sp³-hybridized carbons (Fsp3) is 0.364. The molecule has 0 unspecified atom stereocenters. The van der Waals surface area contributed by atoms with Gasteiger partial charge in [-0.15, -0.1) is 0 Å². The molecule has 0 saturated heterocycles. The van der Waals surface area contributed by atoms with Gasteiger partial charge in [0.1, 0.15) is 5.82 Å². The van der Waals surface area contributed by atoms with E-state index in [9.17, 15) is 4.39 Å². The summed E-state index contributed by atoms with van der Waals surface area (Å²) in [6.45, 7) is 4.00. The number of halogens is 1. The molecule has 0 spiro atoms. The number of amidine groups is 1. The molecular weight excluding hydrogens is 209 g/mol. The standard InChI is InChI=1S/C11H16FN3O/c1-7(2)15(3)10-5-4-8(12)6-9(10)11(13)14-16/h4-7,16H,1-3H3,(H2,13,14). The Bertz CT molecular complexity index is 404. The Hall–Kier alpha value is -1.78. The van der Waals surface area contributed by atoms with Crippen molar-refractivity contribution in [2.75, 3.05) is 11.9 Å². The molecule has 0 aliphatic heterocycles. The highest BCUT2D eigenvalue weighted by Gasteiger charge is 2.14. The van der Waals surface area contributed by atoms with Crippen LogP contribution in [0, 0.1) is 5.82 Å². The van der Waals surface area contributed by atoms with Crippen LogP contribution in [0.3, 0.4) is 0 Å². The van der Waals surface area contributed by atoms with E-state index in [-0.39, 0.29) is 11.9 Å². The van der Waals surface area contributed by atoms with Gasteiger partial charge in [0.2, 0.25) is 0 Å². The molecule has 0 aliphatic rings. The van der Waals surface area contributed by atoms with E-state index >= 15 is 0 Å². The molecule has 0 fully saturated rings. The maximum absolute atomic E-state index is 13.1. The summed E-state index contributed by atoms with van der Waals surface area (Å²) in [5.74, 6) is -0.510. The molecule has 1 rings (SSSR count). The van der Waals surface area contributed by atoms with E-state index in [2.05, 4.69) is 5.16 Å². The Kier molecular flexibility index (Phi) is 3.71. The number of benzene rings is 1. The molecule has 1 aromatic carbocycles. The van der Waals surface area contributed by atoms with Crippen molar-refractivity contribution >= 4 is 11.5 Å². The predicted octanol–water partition coefficient (Wildman–Crippen LogP) is 1.76. The quantitative estimate of drug-likeness (QED) is 0.356. The van der Waals surface area contributed by atoms with Crippen LogP contribution < -0.4 is 10.6 Å². The highest BCUT2D eigenvalue weighted by atomic mass is 19.1. The fourth-order valence-electron chi connectivity index (χ4n) is 1.35. The van der Waals surface area contributed by atoms with Crippen molar-refractivity contribution in [3.05, 3.63) is 29.6 Å². The van der Waals surface area contributed by atoms with Gasteiger partial charge < -0.3 is 15.8 Å². The monoisotopic (exact) mass is 225 g/mol. The van der Waals surface area contributed by atoms with Gasteiger partial charge in [-0.05, 0) is 32.0 Å². The average molecular weight is 225 g/mol. The summed E-state index contributed by atoms with van der Waals surface area (Å²) in [7, 11) is 1.87. The van der Waals surface area contributed by atoms with Gasteiger partial charge in [-0.3, -0.25) is 0 Å². The van der Waals surface area contributed by atoms with E-state index in [0.29, 0.717) is 5.56 Å². The van der Waals surface area contributed by atoms with E-state index in [1.807, 2.05) is 25.8 Å². The Labute approximate surface area is 94.2 Å². The summed E-state index contributed by atoms with van der Waals surface area (Å²) in [5, 5.41) is 11.5. The van der Waals surface area contributed by atoms with Gasteiger partial charge in [0.15, 0.2) is 5.84 Å². The highest BCUT2D eigenvalue weighted by Crippen LogP contribution is 2.22. The van der Waals surface area contributed by atoms with Crippen molar-refractivity contribution in [3.63, 3.8) is 0 Å². The van der Waals surface area contributed by atoms with Crippen LogP contribution in [-0.4, -0.2) is 24.1 Å². The van der Waals surface area contributed by atoms with Crippen molar-refractivity contribution in [2.45, 2.75) is 19.9 Å². The molecule has 0 amide bonds. The zero-order valence-electron chi connectivity index (χ0n) is 9.61. The van der Waals surface area contributed by atoms with Crippen LogP contribution in [0.25, 0.3) is 0 Å². The first kappa shape index (κ1) is 12.3. The number of hydrogen-bond donors (Lipinski definition) is 2. The van der Waals surface area contributed by atoms with Crippen molar-refractivity contribution < 1.29 is 9.60 Å². The summed E-state index contributed by atoms with van der Waals surface area (Å²) >= 11 is 0. The maximum Gasteiger partial charge on any atom is 0.172 e. The molecule has 3 N–H and O–H groups in total. The SMILES string of the molecule is CC(C)N(C)c1ccc(F)cc1C(N)=NO. The zero-order valence-corrected chi connectivity index (χ0v) is 9.61. The van der Waals surface area contributed by atoms with Gasteiger partial charge >= 0.3 is 0 Å². The smallest absolute Gasteiger partial charge is 0.172 e. The van der Waals surface area contributed by atoms with Gasteiger partial charge in [0.25, 0.3) is 0 Å². The topological polar surface area (TPSA) is 61.8 Å². The van der Waals surface area contributed by atoms with Crippen molar-refractivity contribution in [1.29, 1.82) is 0 Å². The normalized spacial score (nSPS) is 11.9. The molecule has 1 aromatic rings. The number of rotatable bonds is 3. The Balaban J connectivity index is 3.28. The average Bonchev–Trinajstić information content (AvgIpc) is 2.26. The minimum atomic E-state index is -0.414. The van der Waals surface area contributed by atoms with Gasteiger partial charge in [-0.2, -0.15) is 0 Å². The molecule has 0 saturated carbocycles. The van der Waals surface area contributed by atoms with E-state index in [4.69, 9.17) is 10.9 Å². The van der Waals surface area contributed by atoms with Crippen molar-refractivity contribution in [3.8, 4) is 0 Å². The van der Waals surface area contributed by atoms with Crippen LogP contribution in [0.4, 0.5) is 10.1 Å². The third kappa shape index (κ3) is 2.42. The number of nitrogens with two attached hydrogens (primary N) is 1. The Morgan fingerprint density at radius 3 is 2.62 bits per heavy atom. The van der Waals surface area contributed by atoms with Crippen LogP contribution in [0.5, 0.6) is 0 Å². The molecule has 0 heterocycles. The highest BCUT2D eigenvalue weighted by molar-refractivity contribution is 6.02. The molecule has 0 aliphatic carbocycles. The Morgan fingerprint density at radius 1 is 1.50 bits per heavy atom. The van der Waals surface area contributed by atoms with Crippen molar-refractivity contribution in [2.24, 2.45) is 10.9 Å². The zero-order chi connectivity index (χ0) is 12.3. The molecule has 5 heteroatoms. The minimum absolute atomic E-state index is 0.0954. The van der Waals surface area contributed by atoms with Crippen LogP contribution >= 0.6 is 0 Å². The van der Waals surface area contributed by atoms with Gasteiger partial charge in [0, 0.05) is 24.3 Å². The third-order valence-electron chi connectivity index (χ3n) is 2.50. The van der Waals surface area contributed by atoms with Crippen LogP contribution in [0.2, 0.25) is 0 Å². The van der Waals surface area contributed by atoms with Crippen LogP contribution in [0.15, 0.2) is 23.4 Å². The lowest BCUT2D eigenvalue weighted by molar-refractivity contribution is 0.318. The van der Waals surface area contributed by atoms with Crippen molar-refractivity contribution in [1.82, 2.24) is 0 Å². The molecule has 0 bridgehead atoms. The van der Waals surface area contributed by atoms with E-state index in [1.165, 1.54) is 12.1 Å². The first-order chi connectivity index (χ1) is 7.47. The molecule has 0 atom stereocenters. The summed E-state index contributed by atoms with van der Waals surface area (Å²) in [6, 6.07) is 4.45. The van der Waals surface area contributed by atoms with E-state index < -0.39 is 5.82 Å². The minimum Gasteiger partial charge on any atom is -0.409 e. The van der Waals surface area contributed by atoms with Crippen LogP contribution in [0.1, 0.15) is 19.4 Å². The fourth-order valence-corrected chi connectivity index (χ4v) is 1.35. The molecular formula is C11H16FN3O. The van der Waals surface area contributed by atoms with Gasteiger partial charge in [-0.25, -0.2) is 4.39 Å². The summed E-state index contributed by atoms with van der Waals surface area (Å²) in [4.78, 5) is 1.92. The first-order valence-corrected chi connectivity index (χ1v) is 4.97. The molecule has 16 heavy (non-hydrogen) atoms. The summed E-state index contributed by atoms with van der Waals surface area (Å²) in [5.41, 5.74) is 6.62. The summed E-state index contributed by atoms with van der Waals surface area (Å²) in [6.07, 6.45) is 0. The lowest BCUT2D eigenvalue weighted by atomic mass is 10.1. The molecule has 0 radical (unpaired) electrons. The Morgan fingerprint density at radius 2 is 2.12 bits per heavy atom. The molecule has 4 nitrogen and oxygen atoms in total. The number of oxime groups is 1. The van der Waals surface area contributed by atoms with E-state index in [0.717, 1.165) is 5.69 Å². The summed E-state index contributed by atoms with van der Waals surface area (Å²) < 4.78 is 13.1. The molecule has 88 valence electrons. The molecule has 0 aromatic heterocycles.